The average molecular weight is 357 g/mol. The number of rotatable bonds is 6. The first-order valence-corrected chi connectivity index (χ1v) is 8.18. The van der Waals surface area contributed by atoms with Crippen LogP contribution in [0, 0.1) is 10.1 Å². The molecule has 0 saturated heterocycles. The maximum absolute atomic E-state index is 10.9. The Morgan fingerprint density at radius 1 is 1.16 bits per heavy atom. The van der Waals surface area contributed by atoms with Crippen LogP contribution >= 0.6 is 11.3 Å². The number of ether oxygens (including phenoxy) is 2. The Labute approximate surface area is 148 Å². The van der Waals surface area contributed by atoms with Crippen LogP contribution in [0.3, 0.4) is 0 Å². The molecule has 0 amide bonds. The van der Waals surface area contributed by atoms with Gasteiger partial charge in [0, 0.05) is 29.1 Å². The molecule has 1 heterocycles. The molecule has 7 nitrogen and oxygen atoms in total. The van der Waals surface area contributed by atoms with Crippen LogP contribution in [0.15, 0.2) is 47.8 Å². The molecule has 1 N–H and O–H groups in total. The summed E-state index contributed by atoms with van der Waals surface area (Å²) in [7, 11) is 3.18. The number of benzene rings is 2. The Kier molecular flexibility index (Phi) is 4.80. The van der Waals surface area contributed by atoms with Crippen LogP contribution in [-0.4, -0.2) is 24.1 Å². The predicted molar refractivity (Wildman–Crippen MR) is 97.0 cm³/mol. The number of hydrogen-bond donors (Lipinski definition) is 1. The Bertz CT molecular complexity index is 910. The van der Waals surface area contributed by atoms with Gasteiger partial charge in [0.25, 0.3) is 5.69 Å². The van der Waals surface area contributed by atoms with Crippen molar-refractivity contribution < 1.29 is 14.4 Å². The molecule has 2 aromatic carbocycles. The molecular formula is C17H15N3O4S. The van der Waals surface area contributed by atoms with Crippen molar-refractivity contribution in [3.63, 3.8) is 0 Å². The quantitative estimate of drug-likeness (QED) is 0.517. The molecule has 25 heavy (non-hydrogen) atoms. The number of nitrogens with zero attached hydrogens (tertiary/aromatic N) is 2. The predicted octanol–water partition coefficient (Wildman–Crippen LogP) is 4.48. The van der Waals surface area contributed by atoms with Gasteiger partial charge in [-0.2, -0.15) is 0 Å². The zero-order valence-corrected chi connectivity index (χ0v) is 14.4. The molecule has 0 aliphatic rings. The van der Waals surface area contributed by atoms with Crippen LogP contribution < -0.4 is 14.8 Å². The van der Waals surface area contributed by atoms with E-state index in [1.54, 1.807) is 38.5 Å². The Morgan fingerprint density at radius 2 is 2.00 bits per heavy atom. The minimum absolute atomic E-state index is 0.0366. The zero-order valence-electron chi connectivity index (χ0n) is 13.6. The fraction of sp³-hybridized carbons (Fsp3) is 0.118. The van der Waals surface area contributed by atoms with E-state index in [4.69, 9.17) is 9.47 Å². The third kappa shape index (κ3) is 3.69. The molecule has 0 fully saturated rings. The van der Waals surface area contributed by atoms with Gasteiger partial charge in [-0.3, -0.25) is 10.1 Å². The number of thiazole rings is 1. The van der Waals surface area contributed by atoms with Gasteiger partial charge in [0.15, 0.2) is 5.13 Å². The lowest BCUT2D eigenvalue weighted by molar-refractivity contribution is -0.384. The standard InChI is InChI=1S/C17H15N3O4S/c1-23-13-6-7-16(24-2)14(9-13)18-17-19-15(10-25-17)11-4-3-5-12(8-11)20(21)22/h3-10H,1-2H3,(H,18,19). The molecule has 0 radical (unpaired) electrons. The monoisotopic (exact) mass is 357 g/mol. The topological polar surface area (TPSA) is 86.5 Å². The van der Waals surface area contributed by atoms with Gasteiger partial charge < -0.3 is 14.8 Å². The first-order chi connectivity index (χ1) is 12.1. The van der Waals surface area contributed by atoms with E-state index in [9.17, 15) is 10.1 Å². The summed E-state index contributed by atoms with van der Waals surface area (Å²) in [6.45, 7) is 0. The first-order valence-electron chi connectivity index (χ1n) is 7.30. The molecule has 3 aromatic rings. The highest BCUT2D eigenvalue weighted by atomic mass is 32.1. The number of nitrogens with one attached hydrogen (secondary N) is 1. The van der Waals surface area contributed by atoms with Crippen molar-refractivity contribution in [1.29, 1.82) is 0 Å². The lowest BCUT2D eigenvalue weighted by Gasteiger charge is -2.10. The van der Waals surface area contributed by atoms with Crippen LogP contribution in [0.2, 0.25) is 0 Å². The molecular weight excluding hydrogens is 342 g/mol. The second-order valence-corrected chi connectivity index (χ2v) is 5.89. The summed E-state index contributed by atoms with van der Waals surface area (Å²) >= 11 is 1.40. The van der Waals surface area contributed by atoms with Crippen molar-refractivity contribution in [3.8, 4) is 22.8 Å². The van der Waals surface area contributed by atoms with E-state index < -0.39 is 4.92 Å². The molecule has 0 unspecified atom stereocenters. The van der Waals surface area contributed by atoms with Crippen LogP contribution in [-0.2, 0) is 0 Å². The molecule has 0 bridgehead atoms. The minimum atomic E-state index is -0.420. The Morgan fingerprint density at radius 3 is 2.72 bits per heavy atom. The van der Waals surface area contributed by atoms with E-state index >= 15 is 0 Å². The van der Waals surface area contributed by atoms with E-state index in [-0.39, 0.29) is 5.69 Å². The largest absolute Gasteiger partial charge is 0.497 e. The summed E-state index contributed by atoms with van der Waals surface area (Å²) in [6, 6.07) is 11.8. The number of aromatic nitrogens is 1. The van der Waals surface area contributed by atoms with Gasteiger partial charge in [-0.15, -0.1) is 11.3 Å². The molecule has 0 aliphatic heterocycles. The minimum Gasteiger partial charge on any atom is -0.497 e. The maximum atomic E-state index is 10.9. The highest BCUT2D eigenvalue weighted by Gasteiger charge is 2.12. The average Bonchev–Trinajstić information content (AvgIpc) is 3.10. The van der Waals surface area contributed by atoms with Crippen LogP contribution in [0.1, 0.15) is 0 Å². The molecule has 3 rings (SSSR count). The highest BCUT2D eigenvalue weighted by molar-refractivity contribution is 7.14. The van der Waals surface area contributed by atoms with E-state index in [0.717, 1.165) is 5.69 Å². The van der Waals surface area contributed by atoms with Crippen LogP contribution in [0.5, 0.6) is 11.5 Å². The van der Waals surface area contributed by atoms with Gasteiger partial charge in [0.05, 0.1) is 30.5 Å². The normalized spacial score (nSPS) is 10.3. The van der Waals surface area contributed by atoms with Crippen molar-refractivity contribution in [2.24, 2.45) is 0 Å². The van der Waals surface area contributed by atoms with Crippen molar-refractivity contribution in [1.82, 2.24) is 4.98 Å². The molecule has 0 spiro atoms. The van der Waals surface area contributed by atoms with Gasteiger partial charge in [-0.25, -0.2) is 4.98 Å². The number of non-ortho nitro benzene ring substituents is 1. The summed E-state index contributed by atoms with van der Waals surface area (Å²) < 4.78 is 10.6. The second-order valence-electron chi connectivity index (χ2n) is 5.04. The van der Waals surface area contributed by atoms with Gasteiger partial charge in [0.2, 0.25) is 0 Å². The van der Waals surface area contributed by atoms with Crippen molar-refractivity contribution >= 4 is 27.8 Å². The summed E-state index contributed by atoms with van der Waals surface area (Å²) in [5.41, 5.74) is 2.12. The fourth-order valence-corrected chi connectivity index (χ4v) is 3.00. The smallest absolute Gasteiger partial charge is 0.270 e. The van der Waals surface area contributed by atoms with E-state index in [1.165, 1.54) is 23.5 Å². The van der Waals surface area contributed by atoms with E-state index in [1.807, 2.05) is 11.4 Å². The zero-order chi connectivity index (χ0) is 17.8. The molecule has 1 aromatic heterocycles. The lowest BCUT2D eigenvalue weighted by atomic mass is 10.1. The summed E-state index contributed by atoms with van der Waals surface area (Å²) in [5.74, 6) is 1.35. The third-order valence-corrected chi connectivity index (χ3v) is 4.26. The van der Waals surface area contributed by atoms with E-state index in [2.05, 4.69) is 10.3 Å². The van der Waals surface area contributed by atoms with Gasteiger partial charge >= 0.3 is 0 Å². The Balaban J connectivity index is 1.87. The second kappa shape index (κ2) is 7.18. The lowest BCUT2D eigenvalue weighted by Crippen LogP contribution is -1.95. The third-order valence-electron chi connectivity index (χ3n) is 3.51. The van der Waals surface area contributed by atoms with Crippen molar-refractivity contribution in [3.05, 3.63) is 58.0 Å². The van der Waals surface area contributed by atoms with Crippen LogP contribution in [0.4, 0.5) is 16.5 Å². The SMILES string of the molecule is COc1ccc(OC)c(Nc2nc(-c3cccc([N+](=O)[O-])c3)cs2)c1. The van der Waals surface area contributed by atoms with Gasteiger partial charge in [0.1, 0.15) is 11.5 Å². The van der Waals surface area contributed by atoms with Crippen molar-refractivity contribution in [2.45, 2.75) is 0 Å². The molecule has 0 aliphatic carbocycles. The maximum Gasteiger partial charge on any atom is 0.270 e. The summed E-state index contributed by atoms with van der Waals surface area (Å²) in [4.78, 5) is 15.0. The fourth-order valence-electron chi connectivity index (χ4n) is 2.27. The summed E-state index contributed by atoms with van der Waals surface area (Å²) in [6.07, 6.45) is 0. The van der Waals surface area contributed by atoms with Gasteiger partial charge in [-0.05, 0) is 12.1 Å². The molecule has 8 heteroatoms. The van der Waals surface area contributed by atoms with E-state index in [0.29, 0.717) is 27.9 Å². The number of methoxy groups -OCH3 is 2. The number of nitro groups is 1. The molecule has 128 valence electrons. The molecule has 0 atom stereocenters. The Hall–Kier alpha value is -3.13. The number of nitro benzene ring substituents is 1. The van der Waals surface area contributed by atoms with Crippen molar-refractivity contribution in [2.75, 3.05) is 19.5 Å². The van der Waals surface area contributed by atoms with Gasteiger partial charge in [-0.1, -0.05) is 12.1 Å². The summed E-state index contributed by atoms with van der Waals surface area (Å²) in [5, 5.41) is 16.6. The molecule has 0 saturated carbocycles. The van der Waals surface area contributed by atoms with Crippen LogP contribution in [0.25, 0.3) is 11.3 Å². The highest BCUT2D eigenvalue weighted by Crippen LogP contribution is 2.34. The first kappa shape index (κ1) is 16.7. The number of anilines is 2. The number of hydrogen-bond acceptors (Lipinski definition) is 7.